The Morgan fingerprint density at radius 2 is 1.84 bits per heavy atom. The van der Waals surface area contributed by atoms with Gasteiger partial charge in [-0.05, 0) is 65.9 Å². The number of ether oxygens (including phenoxy) is 2. The van der Waals surface area contributed by atoms with Gasteiger partial charge in [-0.25, -0.2) is 18.4 Å². The average molecular weight is 504 g/mol. The molecule has 37 heavy (non-hydrogen) atoms. The van der Waals surface area contributed by atoms with E-state index in [4.69, 9.17) is 14.7 Å². The molecule has 0 fully saturated rings. The molecule has 0 aromatic heterocycles. The normalized spacial score (nSPS) is 14.9. The molecule has 0 radical (unpaired) electrons. The van der Waals surface area contributed by atoms with Crippen molar-refractivity contribution in [2.75, 3.05) is 7.11 Å². The van der Waals surface area contributed by atoms with Crippen LogP contribution in [-0.2, 0) is 22.6 Å². The molecule has 1 aliphatic heterocycles. The van der Waals surface area contributed by atoms with E-state index in [2.05, 4.69) is 10.6 Å². The molecule has 0 saturated heterocycles. The highest BCUT2D eigenvalue weighted by atomic mass is 19.1. The monoisotopic (exact) mass is 503 g/mol. The van der Waals surface area contributed by atoms with Crippen molar-refractivity contribution in [2.24, 2.45) is 0 Å². The Morgan fingerprint density at radius 3 is 2.59 bits per heavy atom. The molecule has 7 nitrogen and oxygen atoms in total. The second kappa shape index (κ2) is 11.4. The van der Waals surface area contributed by atoms with Gasteiger partial charge in [-0.15, -0.1) is 0 Å². The van der Waals surface area contributed by atoms with E-state index in [1.807, 2.05) is 24.3 Å². The summed E-state index contributed by atoms with van der Waals surface area (Å²) in [5, 5.41) is 14.4. The molecular weight excluding hydrogens is 480 g/mol. The lowest BCUT2D eigenvalue weighted by atomic mass is 9.93. The van der Waals surface area contributed by atoms with Crippen molar-refractivity contribution in [3.05, 3.63) is 112 Å². The Balaban J connectivity index is 1.65. The van der Waals surface area contributed by atoms with Crippen LogP contribution in [0.5, 0.6) is 5.75 Å². The van der Waals surface area contributed by atoms with E-state index in [1.165, 1.54) is 30.3 Å². The summed E-state index contributed by atoms with van der Waals surface area (Å²) in [6, 6.07) is 17.1. The maximum Gasteiger partial charge on any atom is 0.338 e. The maximum atomic E-state index is 14.0. The van der Waals surface area contributed by atoms with Gasteiger partial charge in [-0.3, -0.25) is 0 Å². The zero-order valence-electron chi connectivity index (χ0n) is 19.9. The van der Waals surface area contributed by atoms with Crippen LogP contribution in [0.2, 0.25) is 0 Å². The molecule has 1 heterocycles. The third-order valence-corrected chi connectivity index (χ3v) is 5.87. The SMILES string of the molecule is COc1cccc(CCC2=C(C(=O)OCc3ccc(F)c(C#N)c3)C(c3cccc(F)c3)NC(=O)N2)c1. The van der Waals surface area contributed by atoms with Gasteiger partial charge in [0.25, 0.3) is 0 Å². The molecule has 0 bridgehead atoms. The molecule has 1 atom stereocenters. The molecule has 1 aliphatic rings. The predicted molar refractivity (Wildman–Crippen MR) is 130 cm³/mol. The number of allylic oxidation sites excluding steroid dienone is 1. The number of aryl methyl sites for hydroxylation is 1. The fourth-order valence-electron chi connectivity index (χ4n) is 4.06. The number of methoxy groups -OCH3 is 1. The van der Waals surface area contributed by atoms with Gasteiger partial charge in [0.2, 0.25) is 0 Å². The lowest BCUT2D eigenvalue weighted by Gasteiger charge is -2.29. The van der Waals surface area contributed by atoms with Crippen LogP contribution >= 0.6 is 0 Å². The molecule has 2 amide bonds. The largest absolute Gasteiger partial charge is 0.497 e. The maximum absolute atomic E-state index is 14.0. The number of esters is 1. The summed E-state index contributed by atoms with van der Waals surface area (Å²) in [5.41, 5.74) is 1.99. The summed E-state index contributed by atoms with van der Waals surface area (Å²) < 4.78 is 38.5. The second-order valence-electron chi connectivity index (χ2n) is 8.33. The number of urea groups is 1. The molecular formula is C28H23F2N3O4. The van der Waals surface area contributed by atoms with Crippen LogP contribution in [0, 0.1) is 23.0 Å². The number of hydrogen-bond acceptors (Lipinski definition) is 5. The number of nitriles is 1. The van der Waals surface area contributed by atoms with E-state index < -0.39 is 29.7 Å². The topological polar surface area (TPSA) is 100 Å². The van der Waals surface area contributed by atoms with Crippen molar-refractivity contribution in [1.29, 1.82) is 5.26 Å². The molecule has 4 rings (SSSR count). The fraction of sp³-hybridized carbons (Fsp3) is 0.179. The highest BCUT2D eigenvalue weighted by Crippen LogP contribution is 2.30. The van der Waals surface area contributed by atoms with Crippen LogP contribution in [0.25, 0.3) is 0 Å². The lowest BCUT2D eigenvalue weighted by molar-refractivity contribution is -0.140. The van der Waals surface area contributed by atoms with Crippen LogP contribution in [0.15, 0.2) is 78.0 Å². The van der Waals surface area contributed by atoms with Crippen molar-refractivity contribution < 1.29 is 27.8 Å². The molecule has 1 unspecified atom stereocenters. The number of hydrogen-bond donors (Lipinski definition) is 2. The Labute approximate surface area is 212 Å². The highest BCUT2D eigenvalue weighted by molar-refractivity contribution is 5.95. The zero-order chi connectivity index (χ0) is 26.4. The molecule has 0 spiro atoms. The summed E-state index contributed by atoms with van der Waals surface area (Å²) in [4.78, 5) is 25.9. The Hall–Kier alpha value is -4.71. The summed E-state index contributed by atoms with van der Waals surface area (Å²) in [6.07, 6.45) is 0.759. The lowest BCUT2D eigenvalue weighted by Crippen LogP contribution is -2.46. The first kappa shape index (κ1) is 25.4. The minimum atomic E-state index is -0.958. The second-order valence-corrected chi connectivity index (χ2v) is 8.33. The van der Waals surface area contributed by atoms with Gasteiger partial charge in [0.05, 0.1) is 24.3 Å². The fourth-order valence-corrected chi connectivity index (χ4v) is 4.06. The molecule has 0 saturated carbocycles. The number of carbonyl (C=O) groups is 2. The van der Waals surface area contributed by atoms with Gasteiger partial charge in [-0.1, -0.05) is 30.3 Å². The average Bonchev–Trinajstić information content (AvgIpc) is 2.91. The van der Waals surface area contributed by atoms with E-state index in [0.717, 1.165) is 11.6 Å². The van der Waals surface area contributed by atoms with Crippen molar-refractivity contribution in [2.45, 2.75) is 25.5 Å². The summed E-state index contributed by atoms with van der Waals surface area (Å²) in [6.45, 7) is -0.232. The van der Waals surface area contributed by atoms with E-state index in [-0.39, 0.29) is 24.2 Å². The van der Waals surface area contributed by atoms with Crippen LogP contribution < -0.4 is 15.4 Å². The van der Waals surface area contributed by atoms with Crippen LogP contribution in [-0.4, -0.2) is 19.1 Å². The van der Waals surface area contributed by atoms with Crippen LogP contribution in [0.3, 0.4) is 0 Å². The molecule has 3 aromatic carbocycles. The van der Waals surface area contributed by atoms with Gasteiger partial charge >= 0.3 is 12.0 Å². The number of halogens is 2. The summed E-state index contributed by atoms with van der Waals surface area (Å²) in [7, 11) is 1.56. The van der Waals surface area contributed by atoms with Crippen LogP contribution in [0.4, 0.5) is 13.6 Å². The van der Waals surface area contributed by atoms with Gasteiger partial charge in [-0.2, -0.15) is 5.26 Å². The van der Waals surface area contributed by atoms with Gasteiger partial charge in [0.15, 0.2) is 0 Å². The number of rotatable bonds is 8. The number of amides is 2. The molecule has 2 N–H and O–H groups in total. The summed E-state index contributed by atoms with van der Waals surface area (Å²) in [5.74, 6) is -1.27. The molecule has 3 aromatic rings. The van der Waals surface area contributed by atoms with E-state index in [0.29, 0.717) is 29.0 Å². The third kappa shape index (κ3) is 6.11. The quantitative estimate of drug-likeness (QED) is 0.429. The Bertz CT molecular complexity index is 1410. The van der Waals surface area contributed by atoms with Crippen molar-refractivity contribution in [3.8, 4) is 11.8 Å². The first-order valence-corrected chi connectivity index (χ1v) is 11.4. The van der Waals surface area contributed by atoms with Crippen molar-refractivity contribution in [3.63, 3.8) is 0 Å². The van der Waals surface area contributed by atoms with Crippen molar-refractivity contribution >= 4 is 12.0 Å². The predicted octanol–water partition coefficient (Wildman–Crippen LogP) is 4.83. The molecule has 9 heteroatoms. The van der Waals surface area contributed by atoms with E-state index in [1.54, 1.807) is 19.2 Å². The molecule has 188 valence electrons. The number of nitrogens with zero attached hydrogens (tertiary/aromatic N) is 1. The first-order valence-electron chi connectivity index (χ1n) is 11.4. The van der Waals surface area contributed by atoms with Gasteiger partial charge < -0.3 is 20.1 Å². The number of nitrogens with one attached hydrogen (secondary N) is 2. The smallest absolute Gasteiger partial charge is 0.338 e. The summed E-state index contributed by atoms with van der Waals surface area (Å²) >= 11 is 0. The standard InChI is InChI=1S/C28H23F2N3O4/c1-36-22-7-2-4-17(13-22)9-11-24-25(26(33-28(35)32-24)19-5-3-6-21(29)14-19)27(34)37-16-18-8-10-23(30)20(12-18)15-31/h2-8,10,12-14,26H,9,11,16H2,1H3,(H2,32,33,35). The number of benzene rings is 3. The van der Waals surface area contributed by atoms with Gasteiger partial charge in [0, 0.05) is 5.70 Å². The Morgan fingerprint density at radius 1 is 1.03 bits per heavy atom. The first-order chi connectivity index (χ1) is 17.9. The van der Waals surface area contributed by atoms with Crippen LogP contribution in [0.1, 0.15) is 34.7 Å². The highest BCUT2D eigenvalue weighted by Gasteiger charge is 2.34. The number of carbonyl (C=O) groups excluding carboxylic acids is 2. The minimum Gasteiger partial charge on any atom is -0.497 e. The minimum absolute atomic E-state index is 0.121. The van der Waals surface area contributed by atoms with E-state index in [9.17, 15) is 18.4 Å². The Kier molecular flexibility index (Phi) is 7.79. The van der Waals surface area contributed by atoms with Crippen molar-refractivity contribution in [1.82, 2.24) is 10.6 Å². The van der Waals surface area contributed by atoms with Gasteiger partial charge in [0.1, 0.15) is 30.1 Å². The third-order valence-electron chi connectivity index (χ3n) is 5.87. The molecule has 0 aliphatic carbocycles. The van der Waals surface area contributed by atoms with E-state index >= 15 is 0 Å². The zero-order valence-corrected chi connectivity index (χ0v) is 19.9.